The van der Waals surface area contributed by atoms with Gasteiger partial charge in [-0.25, -0.2) is 4.68 Å². The largest absolute Gasteiger partial charge is 0.293 e. The summed E-state index contributed by atoms with van der Waals surface area (Å²) in [5.74, 6) is 0.676. The van der Waals surface area contributed by atoms with Crippen molar-refractivity contribution in [1.82, 2.24) is 20.2 Å². The lowest BCUT2D eigenvalue weighted by molar-refractivity contribution is -0.119. The normalized spacial score (nSPS) is 16.6. The molecule has 88 valence electrons. The molecule has 0 radical (unpaired) electrons. The summed E-state index contributed by atoms with van der Waals surface area (Å²) in [6.07, 6.45) is 5.22. The zero-order chi connectivity index (χ0) is 11.4. The van der Waals surface area contributed by atoms with Crippen LogP contribution in [0.5, 0.6) is 0 Å². The number of rotatable bonds is 4. The zero-order valence-electron chi connectivity index (χ0n) is 9.52. The number of hydrogen-bond acceptors (Lipinski definition) is 4. The van der Waals surface area contributed by atoms with Gasteiger partial charge in [-0.05, 0) is 29.7 Å². The number of amides is 1. The van der Waals surface area contributed by atoms with E-state index in [-0.39, 0.29) is 11.8 Å². The van der Waals surface area contributed by atoms with Crippen LogP contribution in [0.3, 0.4) is 0 Å². The van der Waals surface area contributed by atoms with Crippen LogP contribution in [0.2, 0.25) is 0 Å². The molecular weight excluding hydrogens is 206 g/mol. The highest BCUT2D eigenvalue weighted by molar-refractivity contribution is 5.91. The summed E-state index contributed by atoms with van der Waals surface area (Å²) in [5.41, 5.74) is 0. The first kappa shape index (κ1) is 11.0. The Hall–Kier alpha value is -1.46. The van der Waals surface area contributed by atoms with Crippen LogP contribution in [0.1, 0.15) is 39.0 Å². The number of nitrogens with zero attached hydrogens (tertiary/aromatic N) is 4. The molecular formula is C10H17N5O. The Bertz CT molecular complexity index is 356. The monoisotopic (exact) mass is 223 g/mol. The molecule has 1 amide bonds. The smallest absolute Gasteiger partial charge is 0.249 e. The first-order chi connectivity index (χ1) is 7.81. The Labute approximate surface area is 94.4 Å². The lowest BCUT2D eigenvalue weighted by Crippen LogP contribution is -2.22. The Morgan fingerprint density at radius 2 is 2.25 bits per heavy atom. The van der Waals surface area contributed by atoms with Crippen molar-refractivity contribution in [2.45, 2.75) is 45.6 Å². The molecule has 1 saturated carbocycles. The molecule has 1 heterocycles. The van der Waals surface area contributed by atoms with E-state index in [0.717, 1.165) is 38.6 Å². The Morgan fingerprint density at radius 1 is 1.50 bits per heavy atom. The number of nitrogens with one attached hydrogen (secondary N) is 1. The molecule has 0 bridgehead atoms. The van der Waals surface area contributed by atoms with Gasteiger partial charge in [-0.15, -0.1) is 0 Å². The van der Waals surface area contributed by atoms with E-state index in [9.17, 15) is 4.79 Å². The van der Waals surface area contributed by atoms with Gasteiger partial charge in [-0.2, -0.15) is 0 Å². The maximum absolute atomic E-state index is 11.8. The maximum atomic E-state index is 11.8. The van der Waals surface area contributed by atoms with Crippen LogP contribution in [-0.4, -0.2) is 26.1 Å². The molecule has 1 aromatic heterocycles. The van der Waals surface area contributed by atoms with E-state index in [4.69, 9.17) is 0 Å². The SMILES string of the molecule is CCCn1nnnc1NC(=O)C1CCCC1. The number of aryl methyl sites for hydroxylation is 1. The first-order valence-electron chi connectivity index (χ1n) is 5.88. The number of carbonyl (C=O) groups excluding carboxylic acids is 1. The molecule has 0 spiro atoms. The summed E-state index contributed by atoms with van der Waals surface area (Å²) in [6.45, 7) is 2.78. The Balaban J connectivity index is 1.96. The van der Waals surface area contributed by atoms with Gasteiger partial charge < -0.3 is 0 Å². The molecule has 1 aromatic rings. The van der Waals surface area contributed by atoms with Crippen LogP contribution < -0.4 is 5.32 Å². The van der Waals surface area contributed by atoms with Gasteiger partial charge in [0.25, 0.3) is 0 Å². The van der Waals surface area contributed by atoms with Gasteiger partial charge in [0.15, 0.2) is 0 Å². The third-order valence-corrected chi connectivity index (χ3v) is 2.93. The van der Waals surface area contributed by atoms with E-state index in [0.29, 0.717) is 5.95 Å². The summed E-state index contributed by atoms with van der Waals surface area (Å²) < 4.78 is 1.63. The molecule has 1 N–H and O–H groups in total. The Morgan fingerprint density at radius 3 is 2.94 bits per heavy atom. The number of carbonyl (C=O) groups is 1. The molecule has 0 aliphatic heterocycles. The predicted octanol–water partition coefficient (Wildman–Crippen LogP) is 1.21. The van der Waals surface area contributed by atoms with Crippen molar-refractivity contribution in [2.75, 3.05) is 5.32 Å². The number of aromatic nitrogens is 4. The quantitative estimate of drug-likeness (QED) is 0.832. The van der Waals surface area contributed by atoms with Crippen LogP contribution >= 0.6 is 0 Å². The number of tetrazole rings is 1. The molecule has 0 saturated heterocycles. The van der Waals surface area contributed by atoms with Crippen molar-refractivity contribution in [3.05, 3.63) is 0 Å². The molecule has 16 heavy (non-hydrogen) atoms. The van der Waals surface area contributed by atoms with Crippen LogP contribution in [0.4, 0.5) is 5.95 Å². The van der Waals surface area contributed by atoms with Gasteiger partial charge in [0.05, 0.1) is 0 Å². The molecule has 1 fully saturated rings. The fourth-order valence-electron chi connectivity index (χ4n) is 2.06. The standard InChI is InChI=1S/C10H17N5O/c1-2-7-15-10(12-13-14-15)11-9(16)8-5-3-4-6-8/h8H,2-7H2,1H3,(H,11,12,14,16). The summed E-state index contributed by atoms with van der Waals surface area (Å²) in [4.78, 5) is 11.8. The molecule has 1 aliphatic rings. The lowest BCUT2D eigenvalue weighted by atomic mass is 10.1. The fourth-order valence-corrected chi connectivity index (χ4v) is 2.06. The van der Waals surface area contributed by atoms with E-state index in [1.54, 1.807) is 4.68 Å². The highest BCUT2D eigenvalue weighted by Gasteiger charge is 2.23. The van der Waals surface area contributed by atoms with E-state index in [1.807, 2.05) is 6.92 Å². The van der Waals surface area contributed by atoms with Crippen molar-refractivity contribution in [3.63, 3.8) is 0 Å². The van der Waals surface area contributed by atoms with Crippen LogP contribution in [0.25, 0.3) is 0 Å². The minimum Gasteiger partial charge on any atom is -0.293 e. The average molecular weight is 223 g/mol. The second-order valence-corrected chi connectivity index (χ2v) is 4.20. The van der Waals surface area contributed by atoms with Crippen molar-refractivity contribution in [3.8, 4) is 0 Å². The lowest BCUT2D eigenvalue weighted by Gasteiger charge is -2.09. The van der Waals surface area contributed by atoms with Gasteiger partial charge in [0.1, 0.15) is 0 Å². The van der Waals surface area contributed by atoms with Gasteiger partial charge in [-0.3, -0.25) is 10.1 Å². The van der Waals surface area contributed by atoms with Gasteiger partial charge in [-0.1, -0.05) is 24.9 Å². The fraction of sp³-hybridized carbons (Fsp3) is 0.800. The molecule has 6 heteroatoms. The summed E-state index contributed by atoms with van der Waals surface area (Å²) in [5, 5.41) is 14.0. The number of anilines is 1. The Kier molecular flexibility index (Phi) is 3.48. The third-order valence-electron chi connectivity index (χ3n) is 2.93. The number of hydrogen-bond donors (Lipinski definition) is 1. The second-order valence-electron chi connectivity index (χ2n) is 4.20. The summed E-state index contributed by atoms with van der Waals surface area (Å²) in [6, 6.07) is 0. The zero-order valence-corrected chi connectivity index (χ0v) is 9.52. The second kappa shape index (κ2) is 5.05. The minimum absolute atomic E-state index is 0.0599. The summed E-state index contributed by atoms with van der Waals surface area (Å²) >= 11 is 0. The topological polar surface area (TPSA) is 72.7 Å². The first-order valence-corrected chi connectivity index (χ1v) is 5.88. The van der Waals surface area contributed by atoms with E-state index in [1.165, 1.54) is 0 Å². The molecule has 1 aliphatic carbocycles. The van der Waals surface area contributed by atoms with E-state index < -0.39 is 0 Å². The van der Waals surface area contributed by atoms with Crippen LogP contribution in [-0.2, 0) is 11.3 Å². The van der Waals surface area contributed by atoms with E-state index in [2.05, 4.69) is 20.8 Å². The molecule has 6 nitrogen and oxygen atoms in total. The van der Waals surface area contributed by atoms with Crippen molar-refractivity contribution in [1.29, 1.82) is 0 Å². The van der Waals surface area contributed by atoms with Gasteiger partial charge in [0, 0.05) is 12.5 Å². The van der Waals surface area contributed by atoms with Crippen LogP contribution in [0, 0.1) is 5.92 Å². The minimum atomic E-state index is 0.0599. The van der Waals surface area contributed by atoms with Gasteiger partial charge in [0.2, 0.25) is 11.9 Å². The van der Waals surface area contributed by atoms with E-state index >= 15 is 0 Å². The molecule has 2 rings (SSSR count). The highest BCUT2D eigenvalue weighted by Crippen LogP contribution is 2.25. The molecule has 0 aromatic carbocycles. The van der Waals surface area contributed by atoms with Crippen molar-refractivity contribution >= 4 is 11.9 Å². The van der Waals surface area contributed by atoms with Crippen molar-refractivity contribution < 1.29 is 4.79 Å². The van der Waals surface area contributed by atoms with Crippen LogP contribution in [0.15, 0.2) is 0 Å². The average Bonchev–Trinajstić information content (AvgIpc) is 2.90. The summed E-state index contributed by atoms with van der Waals surface area (Å²) in [7, 11) is 0. The predicted molar refractivity (Wildman–Crippen MR) is 58.7 cm³/mol. The molecule has 0 atom stereocenters. The van der Waals surface area contributed by atoms with Gasteiger partial charge >= 0.3 is 0 Å². The molecule has 0 unspecified atom stereocenters. The van der Waals surface area contributed by atoms with Crippen molar-refractivity contribution in [2.24, 2.45) is 5.92 Å². The third kappa shape index (κ3) is 2.37. The highest BCUT2D eigenvalue weighted by atomic mass is 16.2. The maximum Gasteiger partial charge on any atom is 0.249 e.